The smallest absolute Gasteiger partial charge is 0.320 e. The van der Waals surface area contributed by atoms with Crippen LogP contribution in [0.1, 0.15) is 52.9 Å². The molecule has 11 heteroatoms. The van der Waals surface area contributed by atoms with Crippen molar-refractivity contribution in [2.45, 2.75) is 87.6 Å². The Balaban J connectivity index is 1.40. The Kier molecular flexibility index (Phi) is 6.49. The number of nitrogens with zero attached hydrogens (tertiary/aromatic N) is 1. The summed E-state index contributed by atoms with van der Waals surface area (Å²) in [5, 5.41) is -0.972. The lowest BCUT2D eigenvalue weighted by molar-refractivity contribution is -0.175. The number of carbonyl (C=O) groups excluding carboxylic acids is 2. The Morgan fingerprint density at radius 1 is 1.12 bits per heavy atom. The topological polar surface area (TPSA) is 108 Å². The summed E-state index contributed by atoms with van der Waals surface area (Å²) in [6.45, 7) is 7.17. The molecule has 0 aromatic heterocycles. The number of fused-ring (bicyclic) bond motifs is 5. The van der Waals surface area contributed by atoms with Gasteiger partial charge in [0.15, 0.2) is 0 Å². The van der Waals surface area contributed by atoms with Crippen LogP contribution in [0.25, 0.3) is 0 Å². The molecule has 0 aromatic carbocycles. The fraction of sp³-hybridized carbons (Fsp3) is 0.913. The minimum Gasteiger partial charge on any atom is -0.459 e. The number of rotatable bonds is 6. The van der Waals surface area contributed by atoms with Crippen LogP contribution in [0.2, 0.25) is 0 Å². The maximum atomic E-state index is 13.6. The van der Waals surface area contributed by atoms with Crippen molar-refractivity contribution in [1.82, 2.24) is 4.90 Å². The monoisotopic (exact) mass is 517 g/mol. The van der Waals surface area contributed by atoms with E-state index in [0.717, 1.165) is 50.3 Å². The summed E-state index contributed by atoms with van der Waals surface area (Å²) in [7, 11) is -3.94. The van der Waals surface area contributed by atoms with E-state index < -0.39 is 68.7 Å². The molecule has 0 aromatic rings. The second-order valence-corrected chi connectivity index (χ2v) is 13.7. The molecule has 5 aliphatic rings. The lowest BCUT2D eigenvalue weighted by Crippen LogP contribution is -2.55. The second-order valence-electron chi connectivity index (χ2n) is 10.8. The van der Waals surface area contributed by atoms with E-state index in [-0.39, 0.29) is 6.54 Å². The van der Waals surface area contributed by atoms with Gasteiger partial charge in [0.25, 0.3) is 10.1 Å². The first kappa shape index (κ1) is 24.8. The van der Waals surface area contributed by atoms with Crippen LogP contribution in [0.3, 0.4) is 0 Å². The highest BCUT2D eigenvalue weighted by molar-refractivity contribution is 7.99. The van der Waals surface area contributed by atoms with E-state index in [1.54, 1.807) is 13.8 Å². The first-order chi connectivity index (χ1) is 16.1. The Labute approximate surface area is 205 Å². The van der Waals surface area contributed by atoms with Gasteiger partial charge >= 0.3 is 11.9 Å². The molecule has 0 radical (unpaired) electrons. The first-order valence-electron chi connectivity index (χ1n) is 12.4. The molecule has 0 N–H and O–H groups in total. The van der Waals surface area contributed by atoms with Gasteiger partial charge < -0.3 is 14.2 Å². The van der Waals surface area contributed by atoms with Crippen molar-refractivity contribution in [1.29, 1.82) is 0 Å². The summed E-state index contributed by atoms with van der Waals surface area (Å²) >= 11 is 1.85. The van der Waals surface area contributed by atoms with Gasteiger partial charge in [0.05, 0.1) is 18.2 Å². The highest BCUT2D eigenvalue weighted by Gasteiger charge is 2.74. The van der Waals surface area contributed by atoms with Crippen LogP contribution >= 0.6 is 11.8 Å². The van der Waals surface area contributed by atoms with Gasteiger partial charge in [0, 0.05) is 30.5 Å². The lowest BCUT2D eigenvalue weighted by Gasteiger charge is -2.37. The summed E-state index contributed by atoms with van der Waals surface area (Å²) in [6.07, 6.45) is 1.67. The molecule has 9 nitrogen and oxygen atoms in total. The zero-order valence-electron chi connectivity index (χ0n) is 20.1. The zero-order chi connectivity index (χ0) is 24.3. The summed E-state index contributed by atoms with van der Waals surface area (Å²) in [4.78, 5) is 28.5. The highest BCUT2D eigenvalue weighted by atomic mass is 32.2. The third-order valence-corrected chi connectivity index (χ3v) is 11.1. The zero-order valence-corrected chi connectivity index (χ0v) is 21.7. The van der Waals surface area contributed by atoms with Crippen molar-refractivity contribution in [3.63, 3.8) is 0 Å². The van der Waals surface area contributed by atoms with Crippen molar-refractivity contribution >= 4 is 33.8 Å². The van der Waals surface area contributed by atoms with Crippen LogP contribution < -0.4 is 0 Å². The van der Waals surface area contributed by atoms with Crippen LogP contribution in [0, 0.1) is 11.8 Å². The molecule has 4 saturated heterocycles. The molecule has 5 fully saturated rings. The van der Waals surface area contributed by atoms with Gasteiger partial charge in [-0.3, -0.25) is 18.7 Å². The summed E-state index contributed by atoms with van der Waals surface area (Å²) in [6, 6.07) is 0. The average Bonchev–Trinajstić information content (AvgIpc) is 3.50. The van der Waals surface area contributed by atoms with Crippen LogP contribution in [0.15, 0.2) is 0 Å². The van der Waals surface area contributed by atoms with Gasteiger partial charge in [-0.15, -0.1) is 0 Å². The molecule has 0 amide bonds. The van der Waals surface area contributed by atoms with Gasteiger partial charge in [0.2, 0.25) is 0 Å². The molecule has 4 aliphatic heterocycles. The predicted octanol–water partition coefficient (Wildman–Crippen LogP) is 1.73. The minimum atomic E-state index is -3.94. The molecule has 0 spiro atoms. The van der Waals surface area contributed by atoms with Crippen molar-refractivity contribution in [3.05, 3.63) is 0 Å². The third kappa shape index (κ3) is 4.19. The Morgan fingerprint density at radius 3 is 2.44 bits per heavy atom. The highest BCUT2D eigenvalue weighted by Crippen LogP contribution is 2.57. The van der Waals surface area contributed by atoms with Gasteiger partial charge in [0.1, 0.15) is 29.0 Å². The molecule has 2 bridgehead atoms. The van der Waals surface area contributed by atoms with E-state index in [1.165, 1.54) is 0 Å². The number of hydrogen-bond acceptors (Lipinski definition) is 10. The van der Waals surface area contributed by atoms with Crippen LogP contribution in [0.5, 0.6) is 0 Å². The second kappa shape index (κ2) is 8.90. The molecular formula is C23H35NO8S2. The fourth-order valence-electron chi connectivity index (χ4n) is 6.61. The molecule has 5 rings (SSSR count). The standard InChI is InChI=1S/C23H35NO8S2/c1-4-23(7-5-6-8-23)31-21(26)15-17(29-14(25)13-24-9-11-33-12-10-24)19-16-20(18(15)30-19)34(27,28)32-22(16,2)3/h15-20H,4-13H2,1-3H3. The molecule has 6 atom stereocenters. The van der Waals surface area contributed by atoms with Crippen molar-refractivity contribution in [3.8, 4) is 0 Å². The number of esters is 2. The first-order valence-corrected chi connectivity index (χ1v) is 15.0. The maximum absolute atomic E-state index is 13.6. The number of carbonyl (C=O) groups is 2. The largest absolute Gasteiger partial charge is 0.459 e. The fourth-order valence-corrected chi connectivity index (χ4v) is 9.81. The lowest BCUT2D eigenvalue weighted by atomic mass is 9.72. The number of thioether (sulfide) groups is 1. The van der Waals surface area contributed by atoms with E-state index in [0.29, 0.717) is 6.42 Å². The van der Waals surface area contributed by atoms with E-state index in [4.69, 9.17) is 18.4 Å². The Morgan fingerprint density at radius 2 is 1.79 bits per heavy atom. The van der Waals surface area contributed by atoms with Crippen LogP contribution in [0.4, 0.5) is 0 Å². The quantitative estimate of drug-likeness (QED) is 0.382. The van der Waals surface area contributed by atoms with Gasteiger partial charge in [-0.1, -0.05) is 6.92 Å². The maximum Gasteiger partial charge on any atom is 0.320 e. The Bertz CT molecular complexity index is 925. The molecule has 192 valence electrons. The van der Waals surface area contributed by atoms with Crippen molar-refractivity contribution in [2.75, 3.05) is 31.1 Å². The van der Waals surface area contributed by atoms with Crippen LogP contribution in [-0.4, -0.2) is 91.2 Å². The molecule has 6 unspecified atom stereocenters. The third-order valence-electron chi connectivity index (χ3n) is 8.32. The number of ether oxygens (including phenoxy) is 3. The van der Waals surface area contributed by atoms with Gasteiger partial charge in [-0.05, 0) is 46.0 Å². The van der Waals surface area contributed by atoms with E-state index in [1.807, 2.05) is 23.6 Å². The number of hydrogen-bond donors (Lipinski definition) is 0. The Hall–Kier alpha value is -0.880. The normalized spacial score (nSPS) is 39.6. The van der Waals surface area contributed by atoms with Crippen molar-refractivity contribution < 1.29 is 36.4 Å². The average molecular weight is 518 g/mol. The SMILES string of the molecule is CCC1(OC(=O)C2C(OC(=O)CN3CCSCC3)C3OC2C2C3C(C)(C)OS2(=O)=O)CCCC1. The van der Waals surface area contributed by atoms with E-state index >= 15 is 0 Å². The summed E-state index contributed by atoms with van der Waals surface area (Å²) < 4.78 is 49.4. The van der Waals surface area contributed by atoms with Crippen molar-refractivity contribution in [2.24, 2.45) is 11.8 Å². The molecule has 1 aliphatic carbocycles. The summed E-state index contributed by atoms with van der Waals surface area (Å²) in [5.74, 6) is -0.530. The molecule has 4 heterocycles. The minimum absolute atomic E-state index is 0.140. The molecular weight excluding hydrogens is 482 g/mol. The predicted molar refractivity (Wildman–Crippen MR) is 125 cm³/mol. The molecule has 34 heavy (non-hydrogen) atoms. The van der Waals surface area contributed by atoms with Gasteiger partial charge in [-0.2, -0.15) is 20.2 Å². The van der Waals surface area contributed by atoms with E-state index in [9.17, 15) is 18.0 Å². The van der Waals surface area contributed by atoms with E-state index in [2.05, 4.69) is 0 Å². The van der Waals surface area contributed by atoms with Crippen LogP contribution in [-0.2, 0) is 38.1 Å². The summed E-state index contributed by atoms with van der Waals surface area (Å²) in [5.41, 5.74) is -1.55. The molecule has 1 saturated carbocycles. The van der Waals surface area contributed by atoms with Gasteiger partial charge in [-0.25, -0.2) is 0 Å².